The molecule has 0 radical (unpaired) electrons. The van der Waals surface area contributed by atoms with E-state index in [1.165, 1.54) is 19.9 Å². The summed E-state index contributed by atoms with van der Waals surface area (Å²) in [7, 11) is -2.81. The molecule has 0 aliphatic heterocycles. The summed E-state index contributed by atoms with van der Waals surface area (Å²) in [5.41, 5.74) is -1.22. The molecule has 0 heterocycles. The molecule has 2 aromatic carbocycles. The SMILES string of the molecule is COC(=O)COc1ccc(C(F)(F)F)cc1-c1ccc(S(=O)(=O)C(C)C)c(F)c1. The first-order chi connectivity index (χ1) is 13.4. The molecule has 10 heteroatoms. The molecule has 2 rings (SSSR count). The number of alkyl halides is 3. The fourth-order valence-electron chi connectivity index (χ4n) is 2.41. The van der Waals surface area contributed by atoms with Crippen molar-refractivity contribution in [3.8, 4) is 16.9 Å². The van der Waals surface area contributed by atoms with Gasteiger partial charge in [0.1, 0.15) is 16.5 Å². The maximum atomic E-state index is 14.5. The Hall–Kier alpha value is -2.62. The van der Waals surface area contributed by atoms with Gasteiger partial charge in [0.05, 0.1) is 17.9 Å². The molecular formula is C19H18F4O5S. The Morgan fingerprint density at radius 1 is 1.10 bits per heavy atom. The van der Waals surface area contributed by atoms with Crippen LogP contribution in [0.4, 0.5) is 17.6 Å². The molecule has 29 heavy (non-hydrogen) atoms. The van der Waals surface area contributed by atoms with Gasteiger partial charge >= 0.3 is 12.1 Å². The Morgan fingerprint density at radius 3 is 2.28 bits per heavy atom. The van der Waals surface area contributed by atoms with Gasteiger partial charge in [-0.05, 0) is 49.7 Å². The highest BCUT2D eigenvalue weighted by Crippen LogP contribution is 2.38. The van der Waals surface area contributed by atoms with E-state index < -0.39 is 50.1 Å². The van der Waals surface area contributed by atoms with Crippen molar-refractivity contribution in [1.82, 2.24) is 0 Å². The van der Waals surface area contributed by atoms with Gasteiger partial charge in [-0.1, -0.05) is 6.07 Å². The fraction of sp³-hybridized carbons (Fsp3) is 0.316. The monoisotopic (exact) mass is 434 g/mol. The molecule has 2 aromatic rings. The third-order valence-corrected chi connectivity index (χ3v) is 6.24. The van der Waals surface area contributed by atoms with E-state index in [2.05, 4.69) is 4.74 Å². The predicted octanol–water partition coefficient (Wildman–Crippen LogP) is 4.25. The molecule has 0 fully saturated rings. The molecule has 0 amide bonds. The standard InChI is InChI=1S/C19H18F4O5S/c1-11(2)29(25,26)17-7-4-12(8-15(17)20)14-9-13(19(21,22)23)5-6-16(14)28-10-18(24)27-3/h4-9,11H,10H2,1-3H3. The molecular weight excluding hydrogens is 416 g/mol. The van der Waals surface area contributed by atoms with Gasteiger partial charge in [-0.3, -0.25) is 0 Å². The van der Waals surface area contributed by atoms with E-state index in [0.717, 1.165) is 37.4 Å². The van der Waals surface area contributed by atoms with Gasteiger partial charge in [0.2, 0.25) is 0 Å². The number of halogens is 4. The molecule has 158 valence electrons. The van der Waals surface area contributed by atoms with Gasteiger partial charge in [-0.15, -0.1) is 0 Å². The van der Waals surface area contributed by atoms with Gasteiger partial charge in [0.15, 0.2) is 16.4 Å². The van der Waals surface area contributed by atoms with Crippen LogP contribution in [0.2, 0.25) is 0 Å². The lowest BCUT2D eigenvalue weighted by molar-refractivity contribution is -0.143. The zero-order valence-corrected chi connectivity index (χ0v) is 16.5. The minimum atomic E-state index is -4.67. The lowest BCUT2D eigenvalue weighted by Crippen LogP contribution is -2.15. The first-order valence-electron chi connectivity index (χ1n) is 8.32. The smallest absolute Gasteiger partial charge is 0.416 e. The summed E-state index contributed by atoms with van der Waals surface area (Å²) < 4.78 is 87.8. The molecule has 0 spiro atoms. The van der Waals surface area contributed by atoms with Crippen LogP contribution in [-0.2, 0) is 25.5 Å². The van der Waals surface area contributed by atoms with Crippen molar-refractivity contribution in [2.24, 2.45) is 0 Å². The topological polar surface area (TPSA) is 69.7 Å². The highest BCUT2D eigenvalue weighted by molar-refractivity contribution is 7.92. The van der Waals surface area contributed by atoms with Crippen molar-refractivity contribution in [3.63, 3.8) is 0 Å². The summed E-state index contributed by atoms with van der Waals surface area (Å²) in [5.74, 6) is -1.99. The molecule has 0 atom stereocenters. The van der Waals surface area contributed by atoms with E-state index in [0.29, 0.717) is 0 Å². The van der Waals surface area contributed by atoms with Crippen molar-refractivity contribution < 1.29 is 40.2 Å². The number of esters is 1. The molecule has 0 unspecified atom stereocenters. The lowest BCUT2D eigenvalue weighted by atomic mass is 10.0. The summed E-state index contributed by atoms with van der Waals surface area (Å²) in [6, 6.07) is 5.47. The van der Waals surface area contributed by atoms with Crippen LogP contribution in [0, 0.1) is 5.82 Å². The normalized spacial score (nSPS) is 12.1. The molecule has 5 nitrogen and oxygen atoms in total. The van der Waals surface area contributed by atoms with E-state index in [-0.39, 0.29) is 16.9 Å². The Labute approximate surface area is 165 Å². The number of benzene rings is 2. The van der Waals surface area contributed by atoms with Crippen LogP contribution in [-0.4, -0.2) is 33.4 Å². The van der Waals surface area contributed by atoms with Crippen LogP contribution in [0.1, 0.15) is 19.4 Å². The second-order valence-electron chi connectivity index (χ2n) is 6.31. The van der Waals surface area contributed by atoms with Crippen molar-refractivity contribution in [3.05, 3.63) is 47.8 Å². The average molecular weight is 434 g/mol. The van der Waals surface area contributed by atoms with Crippen LogP contribution in [0.3, 0.4) is 0 Å². The third kappa shape index (κ3) is 5.06. The largest absolute Gasteiger partial charge is 0.481 e. The van der Waals surface area contributed by atoms with Crippen LogP contribution in [0.25, 0.3) is 11.1 Å². The average Bonchev–Trinajstić information content (AvgIpc) is 2.64. The molecule has 0 aliphatic rings. The Morgan fingerprint density at radius 2 is 1.76 bits per heavy atom. The van der Waals surface area contributed by atoms with Gasteiger partial charge in [0.25, 0.3) is 0 Å². The number of hydrogen-bond donors (Lipinski definition) is 0. The molecule has 0 saturated heterocycles. The number of hydrogen-bond acceptors (Lipinski definition) is 5. The van der Waals surface area contributed by atoms with Crippen LogP contribution < -0.4 is 4.74 Å². The molecule has 0 aromatic heterocycles. The summed E-state index contributed by atoms with van der Waals surface area (Å²) in [4.78, 5) is 10.7. The highest BCUT2D eigenvalue weighted by Gasteiger charge is 2.32. The van der Waals surface area contributed by atoms with Crippen LogP contribution >= 0.6 is 0 Å². The Bertz CT molecular complexity index is 1010. The van der Waals surface area contributed by atoms with Crippen molar-refractivity contribution in [2.75, 3.05) is 13.7 Å². The van der Waals surface area contributed by atoms with Crippen molar-refractivity contribution in [2.45, 2.75) is 30.2 Å². The van der Waals surface area contributed by atoms with Crippen molar-refractivity contribution in [1.29, 1.82) is 0 Å². The van der Waals surface area contributed by atoms with Crippen molar-refractivity contribution >= 4 is 15.8 Å². The zero-order valence-electron chi connectivity index (χ0n) is 15.7. The first-order valence-corrected chi connectivity index (χ1v) is 9.87. The number of methoxy groups -OCH3 is 1. The molecule has 0 aliphatic carbocycles. The summed E-state index contributed by atoms with van der Waals surface area (Å²) in [6.45, 7) is 2.19. The third-order valence-electron chi connectivity index (χ3n) is 4.05. The fourth-order valence-corrected chi connectivity index (χ4v) is 3.50. The molecule has 0 saturated carbocycles. The predicted molar refractivity (Wildman–Crippen MR) is 96.7 cm³/mol. The maximum absolute atomic E-state index is 14.5. The van der Waals surface area contributed by atoms with E-state index in [4.69, 9.17) is 4.74 Å². The highest BCUT2D eigenvalue weighted by atomic mass is 32.2. The van der Waals surface area contributed by atoms with Gasteiger partial charge < -0.3 is 9.47 Å². The minimum absolute atomic E-state index is 0.0452. The first kappa shape index (κ1) is 22.7. The van der Waals surface area contributed by atoms with E-state index in [1.807, 2.05) is 0 Å². The van der Waals surface area contributed by atoms with Crippen LogP contribution in [0.5, 0.6) is 5.75 Å². The molecule has 0 N–H and O–H groups in total. The molecule has 0 bridgehead atoms. The summed E-state index contributed by atoms with van der Waals surface area (Å²) in [6.07, 6.45) is -4.67. The number of sulfone groups is 1. The minimum Gasteiger partial charge on any atom is -0.481 e. The zero-order chi connectivity index (χ0) is 22.0. The number of rotatable bonds is 6. The summed E-state index contributed by atoms with van der Waals surface area (Å²) in [5, 5.41) is -0.879. The summed E-state index contributed by atoms with van der Waals surface area (Å²) >= 11 is 0. The quantitative estimate of drug-likeness (QED) is 0.502. The lowest BCUT2D eigenvalue weighted by Gasteiger charge is -2.15. The van der Waals surface area contributed by atoms with Gasteiger partial charge in [-0.2, -0.15) is 13.2 Å². The Kier molecular flexibility index (Phi) is 6.56. The Balaban J connectivity index is 2.58. The maximum Gasteiger partial charge on any atom is 0.416 e. The second-order valence-corrected chi connectivity index (χ2v) is 8.79. The van der Waals surface area contributed by atoms with E-state index in [1.54, 1.807) is 0 Å². The number of ether oxygens (including phenoxy) is 2. The number of carbonyl (C=O) groups excluding carboxylic acids is 1. The second kappa shape index (κ2) is 8.40. The van der Waals surface area contributed by atoms with Gasteiger partial charge in [0, 0.05) is 5.56 Å². The van der Waals surface area contributed by atoms with E-state index >= 15 is 0 Å². The van der Waals surface area contributed by atoms with Gasteiger partial charge in [-0.25, -0.2) is 17.6 Å². The number of carbonyl (C=O) groups is 1. The van der Waals surface area contributed by atoms with E-state index in [9.17, 15) is 30.8 Å². The van der Waals surface area contributed by atoms with Crippen LogP contribution in [0.15, 0.2) is 41.3 Å².